The minimum atomic E-state index is -4.38. The van der Waals surface area contributed by atoms with Crippen LogP contribution in [0.15, 0.2) is 84.9 Å². The van der Waals surface area contributed by atoms with Gasteiger partial charge < -0.3 is 14.7 Å². The fraction of sp³-hybridized carbons (Fsp3) is 0.280. The Hall–Kier alpha value is -2.83. The molecule has 0 bridgehead atoms. The van der Waals surface area contributed by atoms with Crippen molar-refractivity contribution in [2.75, 3.05) is 26.7 Å². The van der Waals surface area contributed by atoms with Crippen LogP contribution in [-0.2, 0) is 6.18 Å². The molecule has 31 heavy (non-hydrogen) atoms. The molecule has 0 spiro atoms. The Balaban J connectivity index is 1.56. The third-order valence-electron chi connectivity index (χ3n) is 5.04. The number of halogens is 3. The molecule has 0 aliphatic rings. The first-order chi connectivity index (χ1) is 14.8. The second kappa shape index (κ2) is 10.5. The highest BCUT2D eigenvalue weighted by atomic mass is 19.4. The van der Waals surface area contributed by atoms with Crippen molar-refractivity contribution in [3.05, 3.63) is 102 Å². The second-order valence-corrected chi connectivity index (χ2v) is 7.58. The van der Waals surface area contributed by atoms with Gasteiger partial charge in [-0.2, -0.15) is 13.2 Å². The predicted molar refractivity (Wildman–Crippen MR) is 115 cm³/mol. The molecular weight excluding hydrogens is 403 g/mol. The molecule has 3 nitrogen and oxygen atoms in total. The highest BCUT2D eigenvalue weighted by Crippen LogP contribution is 2.30. The van der Waals surface area contributed by atoms with Crippen LogP contribution in [0.4, 0.5) is 13.2 Å². The molecule has 3 rings (SSSR count). The fourth-order valence-electron chi connectivity index (χ4n) is 3.51. The van der Waals surface area contributed by atoms with Crippen molar-refractivity contribution >= 4 is 0 Å². The number of ether oxygens (including phenoxy) is 1. The molecule has 0 saturated carbocycles. The molecule has 0 aliphatic heterocycles. The van der Waals surface area contributed by atoms with E-state index < -0.39 is 17.8 Å². The summed E-state index contributed by atoms with van der Waals surface area (Å²) < 4.78 is 43.4. The van der Waals surface area contributed by atoms with Gasteiger partial charge in [-0.15, -0.1) is 0 Å². The topological polar surface area (TPSA) is 32.7 Å². The van der Waals surface area contributed by atoms with E-state index in [2.05, 4.69) is 24.3 Å². The van der Waals surface area contributed by atoms with Gasteiger partial charge in [-0.05, 0) is 42.4 Å². The molecule has 1 atom stereocenters. The van der Waals surface area contributed by atoms with Crippen LogP contribution in [0.2, 0.25) is 0 Å². The van der Waals surface area contributed by atoms with Gasteiger partial charge in [-0.3, -0.25) is 0 Å². The smallest absolute Gasteiger partial charge is 0.416 e. The standard InChI is InChI=1S/C25H26F3NO2/c1-29(16-22(30)18-31-23-14-12-21(13-15-23)25(26,27)28)17-24(19-8-4-2-5-9-19)20-10-6-3-7-11-20/h2-15,22,24,30H,16-18H2,1H3. The van der Waals surface area contributed by atoms with Crippen LogP contribution in [0.3, 0.4) is 0 Å². The Kier molecular flexibility index (Phi) is 7.71. The highest BCUT2D eigenvalue weighted by molar-refractivity contribution is 5.33. The summed E-state index contributed by atoms with van der Waals surface area (Å²) in [6.07, 6.45) is -5.16. The third-order valence-corrected chi connectivity index (χ3v) is 5.04. The van der Waals surface area contributed by atoms with Crippen LogP contribution in [0.25, 0.3) is 0 Å². The summed E-state index contributed by atoms with van der Waals surface area (Å²) in [6, 6.07) is 24.9. The Morgan fingerprint density at radius 1 is 0.806 bits per heavy atom. The van der Waals surface area contributed by atoms with Crippen molar-refractivity contribution in [1.82, 2.24) is 4.90 Å². The van der Waals surface area contributed by atoms with Gasteiger partial charge in [-0.1, -0.05) is 60.7 Å². The lowest BCUT2D eigenvalue weighted by Gasteiger charge is -2.26. The number of likely N-dealkylation sites (N-methyl/N-ethyl adjacent to an activating group) is 1. The predicted octanol–water partition coefficient (Wildman–Crippen LogP) is 5.21. The molecule has 0 aliphatic carbocycles. The summed E-state index contributed by atoms with van der Waals surface area (Å²) in [6.45, 7) is 1.07. The van der Waals surface area contributed by atoms with E-state index in [1.807, 2.05) is 48.3 Å². The van der Waals surface area contributed by atoms with E-state index in [9.17, 15) is 18.3 Å². The number of aliphatic hydroxyl groups excluding tert-OH is 1. The molecule has 3 aromatic carbocycles. The molecule has 6 heteroatoms. The van der Waals surface area contributed by atoms with Crippen molar-refractivity contribution in [2.45, 2.75) is 18.2 Å². The molecule has 0 radical (unpaired) electrons. The number of hydrogen-bond donors (Lipinski definition) is 1. The Morgan fingerprint density at radius 2 is 1.32 bits per heavy atom. The molecule has 1 unspecified atom stereocenters. The van der Waals surface area contributed by atoms with Crippen LogP contribution in [0.1, 0.15) is 22.6 Å². The maximum Gasteiger partial charge on any atom is 0.416 e. The highest BCUT2D eigenvalue weighted by Gasteiger charge is 2.30. The quantitative estimate of drug-likeness (QED) is 0.507. The number of aliphatic hydroxyl groups is 1. The fourth-order valence-corrected chi connectivity index (χ4v) is 3.51. The van der Waals surface area contributed by atoms with Crippen molar-refractivity contribution in [3.8, 4) is 5.75 Å². The van der Waals surface area contributed by atoms with E-state index in [4.69, 9.17) is 4.74 Å². The summed E-state index contributed by atoms with van der Waals surface area (Å²) in [5.74, 6) is 0.441. The molecule has 0 saturated heterocycles. The van der Waals surface area contributed by atoms with Gasteiger partial charge >= 0.3 is 6.18 Å². The van der Waals surface area contributed by atoms with Gasteiger partial charge in [0.1, 0.15) is 18.5 Å². The SMILES string of the molecule is CN(CC(O)COc1ccc(C(F)(F)F)cc1)CC(c1ccccc1)c1ccccc1. The summed E-state index contributed by atoms with van der Waals surface area (Å²) in [7, 11) is 1.93. The van der Waals surface area contributed by atoms with Crippen LogP contribution in [0, 0.1) is 0 Å². The molecule has 0 aromatic heterocycles. The van der Waals surface area contributed by atoms with Gasteiger partial charge in [0.25, 0.3) is 0 Å². The van der Waals surface area contributed by atoms with E-state index in [0.29, 0.717) is 18.8 Å². The number of alkyl halides is 3. The van der Waals surface area contributed by atoms with Gasteiger partial charge in [0.05, 0.1) is 5.56 Å². The number of rotatable bonds is 9. The summed E-state index contributed by atoms with van der Waals surface area (Å²) in [5, 5.41) is 10.4. The number of benzene rings is 3. The van der Waals surface area contributed by atoms with Crippen molar-refractivity contribution in [3.63, 3.8) is 0 Å². The van der Waals surface area contributed by atoms with E-state index in [1.54, 1.807) is 0 Å². The van der Waals surface area contributed by atoms with E-state index in [1.165, 1.54) is 23.3 Å². The summed E-state index contributed by atoms with van der Waals surface area (Å²) in [5.41, 5.74) is 1.65. The lowest BCUT2D eigenvalue weighted by molar-refractivity contribution is -0.137. The molecule has 0 fully saturated rings. The third kappa shape index (κ3) is 6.84. The first-order valence-electron chi connectivity index (χ1n) is 10.1. The zero-order valence-electron chi connectivity index (χ0n) is 17.3. The van der Waals surface area contributed by atoms with Crippen molar-refractivity contribution in [1.29, 1.82) is 0 Å². The van der Waals surface area contributed by atoms with Crippen LogP contribution in [-0.4, -0.2) is 42.9 Å². The Morgan fingerprint density at radius 3 is 1.81 bits per heavy atom. The van der Waals surface area contributed by atoms with Gasteiger partial charge in [0.15, 0.2) is 0 Å². The summed E-state index contributed by atoms with van der Waals surface area (Å²) in [4.78, 5) is 2.03. The minimum absolute atomic E-state index is 0.00293. The van der Waals surface area contributed by atoms with Gasteiger partial charge in [0, 0.05) is 19.0 Å². The van der Waals surface area contributed by atoms with Crippen LogP contribution < -0.4 is 4.74 Å². The molecule has 0 heterocycles. The Labute approximate surface area is 180 Å². The van der Waals surface area contributed by atoms with Crippen LogP contribution in [0.5, 0.6) is 5.75 Å². The first kappa shape index (κ1) is 22.8. The zero-order valence-corrected chi connectivity index (χ0v) is 17.3. The number of hydrogen-bond acceptors (Lipinski definition) is 3. The average Bonchev–Trinajstić information content (AvgIpc) is 2.77. The Bertz CT molecular complexity index is 876. The molecule has 164 valence electrons. The monoisotopic (exact) mass is 429 g/mol. The maximum atomic E-state index is 12.6. The van der Waals surface area contributed by atoms with E-state index in [0.717, 1.165) is 12.1 Å². The second-order valence-electron chi connectivity index (χ2n) is 7.58. The van der Waals surface area contributed by atoms with Crippen molar-refractivity contribution < 1.29 is 23.0 Å². The summed E-state index contributed by atoms with van der Waals surface area (Å²) >= 11 is 0. The number of nitrogens with zero attached hydrogens (tertiary/aromatic N) is 1. The average molecular weight is 429 g/mol. The molecular formula is C25H26F3NO2. The normalized spacial score (nSPS) is 12.9. The largest absolute Gasteiger partial charge is 0.491 e. The van der Waals surface area contributed by atoms with Gasteiger partial charge in [0.2, 0.25) is 0 Å². The molecule has 3 aromatic rings. The maximum absolute atomic E-state index is 12.6. The lowest BCUT2D eigenvalue weighted by atomic mass is 9.91. The molecule has 1 N–H and O–H groups in total. The minimum Gasteiger partial charge on any atom is -0.491 e. The van der Waals surface area contributed by atoms with Crippen LogP contribution >= 0.6 is 0 Å². The molecule has 0 amide bonds. The lowest BCUT2D eigenvalue weighted by Crippen LogP contribution is -2.35. The van der Waals surface area contributed by atoms with Crippen molar-refractivity contribution in [2.24, 2.45) is 0 Å². The first-order valence-corrected chi connectivity index (χ1v) is 10.1. The van der Waals surface area contributed by atoms with Gasteiger partial charge in [-0.25, -0.2) is 0 Å². The van der Waals surface area contributed by atoms with E-state index in [-0.39, 0.29) is 12.5 Å². The van der Waals surface area contributed by atoms with E-state index >= 15 is 0 Å². The zero-order chi connectivity index (χ0) is 22.3.